The second-order valence-electron chi connectivity index (χ2n) is 15.9. The number of aryl methyl sites for hydroxylation is 1. The lowest BCUT2D eigenvalue weighted by Crippen LogP contribution is -2.31. The first kappa shape index (κ1) is 46.0. The van der Waals surface area contributed by atoms with Gasteiger partial charge in [-0.05, 0) is 139 Å². The molecule has 14 heteroatoms. The van der Waals surface area contributed by atoms with Gasteiger partial charge in [-0.3, -0.25) is 20.9 Å². The predicted octanol–water partition coefficient (Wildman–Crippen LogP) is 12.5. The molecule has 14 nitrogen and oxygen atoms in total. The quantitative estimate of drug-likeness (QED) is 0.0609. The molecule has 344 valence electrons. The largest absolute Gasteiger partial charge is 0.417 e. The molecule has 69 heavy (non-hydrogen) atoms. The minimum Gasteiger partial charge on any atom is -0.410 e. The number of urea groups is 1. The number of nitrogen functional groups attached to an aromatic ring is 2. The number of nitrogens with two attached hydrogens (primary N) is 2. The van der Waals surface area contributed by atoms with E-state index in [0.29, 0.717) is 64.1 Å². The van der Waals surface area contributed by atoms with Crippen LogP contribution in [0.2, 0.25) is 0 Å². The van der Waals surface area contributed by atoms with Crippen LogP contribution in [0.25, 0.3) is 0 Å². The van der Waals surface area contributed by atoms with Crippen LogP contribution in [0.3, 0.4) is 0 Å². The number of benzene rings is 8. The smallest absolute Gasteiger partial charge is 0.410 e. The molecule has 8 aromatic carbocycles. The molecule has 0 aliphatic carbocycles. The number of carbonyl (C=O) groups excluding carboxylic acids is 4. The van der Waals surface area contributed by atoms with E-state index in [0.717, 1.165) is 27.8 Å². The van der Waals surface area contributed by atoms with Crippen molar-refractivity contribution in [1.82, 2.24) is 0 Å². The highest BCUT2D eigenvalue weighted by atomic mass is 16.6. The van der Waals surface area contributed by atoms with Crippen molar-refractivity contribution in [3.05, 3.63) is 222 Å². The van der Waals surface area contributed by atoms with Gasteiger partial charge >= 0.3 is 24.3 Å². The van der Waals surface area contributed by atoms with Crippen LogP contribution in [0.1, 0.15) is 27.8 Å². The third kappa shape index (κ3) is 13.3. The van der Waals surface area contributed by atoms with E-state index in [1.54, 1.807) is 121 Å². The maximum Gasteiger partial charge on any atom is 0.417 e. The van der Waals surface area contributed by atoms with Gasteiger partial charge in [-0.2, -0.15) is 0 Å². The van der Waals surface area contributed by atoms with Gasteiger partial charge in [0.05, 0.1) is 11.4 Å². The van der Waals surface area contributed by atoms with Crippen LogP contribution in [-0.4, -0.2) is 24.3 Å². The summed E-state index contributed by atoms with van der Waals surface area (Å²) < 4.78 is 16.7. The molecule has 0 atom stereocenters. The van der Waals surface area contributed by atoms with Gasteiger partial charge in [0.2, 0.25) is 0 Å². The molecule has 0 saturated carbocycles. The van der Waals surface area contributed by atoms with Gasteiger partial charge < -0.3 is 31.0 Å². The molecule has 8 aromatic rings. The van der Waals surface area contributed by atoms with E-state index >= 15 is 0 Å². The molecule has 0 aromatic heterocycles. The molecule has 0 bridgehead atoms. The lowest BCUT2D eigenvalue weighted by molar-refractivity contribution is 0.214. The summed E-state index contributed by atoms with van der Waals surface area (Å²) >= 11 is 0. The van der Waals surface area contributed by atoms with Crippen molar-refractivity contribution in [3.63, 3.8) is 0 Å². The zero-order chi connectivity index (χ0) is 48.1. The SMILES string of the molecule is Cc1ccc(NC(=O)Oc2cccc(N(C(=O)Nc3ccc(Cc4ccc(NC(=O)Oc5cccc(N)c5)cc4)cc3)c3cccc(OC(=O)Nc4ccc(Cc5ccc(N)cc5)cc4)c3)c2)cc1. The zero-order valence-corrected chi connectivity index (χ0v) is 37.3. The Morgan fingerprint density at radius 1 is 0.406 bits per heavy atom. The van der Waals surface area contributed by atoms with Gasteiger partial charge in [-0.15, -0.1) is 0 Å². The van der Waals surface area contributed by atoms with Crippen LogP contribution < -0.4 is 51.8 Å². The Hall–Kier alpha value is -9.56. The van der Waals surface area contributed by atoms with E-state index in [1.807, 2.05) is 79.7 Å². The highest BCUT2D eigenvalue weighted by molar-refractivity contribution is 6.07. The number of anilines is 8. The van der Waals surface area contributed by atoms with Crippen molar-refractivity contribution in [2.24, 2.45) is 0 Å². The molecule has 5 amide bonds. The minimum absolute atomic E-state index is 0.165. The van der Waals surface area contributed by atoms with Crippen molar-refractivity contribution >= 4 is 69.8 Å². The first-order valence-corrected chi connectivity index (χ1v) is 21.8. The molecular formula is C55H47N7O7. The van der Waals surface area contributed by atoms with Gasteiger partial charge in [-0.1, -0.05) is 84.4 Å². The van der Waals surface area contributed by atoms with Crippen LogP contribution in [0, 0.1) is 6.92 Å². The van der Waals surface area contributed by atoms with Crippen LogP contribution in [0.15, 0.2) is 194 Å². The summed E-state index contributed by atoms with van der Waals surface area (Å²) in [5.41, 5.74) is 20.8. The van der Waals surface area contributed by atoms with Crippen molar-refractivity contribution in [2.45, 2.75) is 19.8 Å². The van der Waals surface area contributed by atoms with Gasteiger partial charge in [0.25, 0.3) is 0 Å². The summed E-state index contributed by atoms with van der Waals surface area (Å²) in [7, 11) is 0. The van der Waals surface area contributed by atoms with Gasteiger partial charge in [0.1, 0.15) is 17.2 Å². The number of nitrogens with one attached hydrogen (secondary N) is 4. The predicted molar refractivity (Wildman–Crippen MR) is 271 cm³/mol. The molecule has 0 saturated heterocycles. The second-order valence-corrected chi connectivity index (χ2v) is 15.9. The molecule has 0 aliphatic heterocycles. The molecule has 0 unspecified atom stereocenters. The number of hydrogen-bond donors (Lipinski definition) is 6. The standard InChI is InChI=1S/C55H47N7O7/c1-36-11-23-44(24-12-36)59-54(65)68-50-9-3-6-47(34-50)62(48-7-4-10-51(35-48)69-55(66)61-46-27-17-39(18-28-46)31-37-13-21-41(56)22-14-37)52(63)58-43-25-15-38(16-26-43)32-40-19-29-45(30-20-40)60-53(64)67-49-8-2-5-42(57)33-49/h2-30,33-35H,31-32,56-57H2,1H3,(H,58,63)(H,59,65)(H,60,64)(H,61,66). The Morgan fingerprint density at radius 3 is 1.16 bits per heavy atom. The molecule has 0 heterocycles. The monoisotopic (exact) mass is 917 g/mol. The fraction of sp³-hybridized carbons (Fsp3) is 0.0545. The fourth-order valence-corrected chi connectivity index (χ4v) is 7.13. The summed E-state index contributed by atoms with van der Waals surface area (Å²) in [6.07, 6.45) is -0.804. The number of amides is 5. The number of ether oxygens (including phenoxy) is 3. The topological polar surface area (TPSA) is 199 Å². The average molecular weight is 918 g/mol. The molecule has 0 radical (unpaired) electrons. The van der Waals surface area contributed by atoms with E-state index < -0.39 is 24.3 Å². The first-order valence-electron chi connectivity index (χ1n) is 21.8. The van der Waals surface area contributed by atoms with Crippen LogP contribution in [-0.2, 0) is 12.8 Å². The Kier molecular flexibility index (Phi) is 14.4. The van der Waals surface area contributed by atoms with Gasteiger partial charge in [0, 0.05) is 52.3 Å². The van der Waals surface area contributed by atoms with Crippen molar-refractivity contribution in [1.29, 1.82) is 0 Å². The van der Waals surface area contributed by atoms with Crippen LogP contribution in [0.4, 0.5) is 64.7 Å². The molecule has 8 N–H and O–H groups in total. The normalized spacial score (nSPS) is 10.6. The summed E-state index contributed by atoms with van der Waals surface area (Å²) in [5, 5.41) is 11.2. The summed E-state index contributed by atoms with van der Waals surface area (Å²) in [4.78, 5) is 54.2. The second kappa shape index (κ2) is 21.6. The Balaban J connectivity index is 0.947. The van der Waals surface area contributed by atoms with Crippen molar-refractivity contribution in [3.8, 4) is 17.2 Å². The van der Waals surface area contributed by atoms with Gasteiger partial charge in [-0.25, -0.2) is 19.2 Å². The van der Waals surface area contributed by atoms with Crippen LogP contribution in [0.5, 0.6) is 17.2 Å². The Labute approximate surface area is 398 Å². The average Bonchev–Trinajstić information content (AvgIpc) is 3.33. The van der Waals surface area contributed by atoms with E-state index in [9.17, 15) is 19.2 Å². The summed E-state index contributed by atoms with van der Waals surface area (Å²) in [6, 6.07) is 56.2. The molecule has 0 aliphatic rings. The fourth-order valence-electron chi connectivity index (χ4n) is 7.13. The van der Waals surface area contributed by atoms with Crippen molar-refractivity contribution in [2.75, 3.05) is 37.6 Å². The van der Waals surface area contributed by atoms with E-state index in [-0.39, 0.29) is 11.5 Å². The summed E-state index contributed by atoms with van der Waals surface area (Å²) in [5.74, 6) is 0.674. The highest BCUT2D eigenvalue weighted by Crippen LogP contribution is 2.32. The molecule has 8 rings (SSSR count). The van der Waals surface area contributed by atoms with E-state index in [1.165, 1.54) is 4.90 Å². The Bertz CT molecular complexity index is 3070. The van der Waals surface area contributed by atoms with Gasteiger partial charge in [0.15, 0.2) is 0 Å². The van der Waals surface area contributed by atoms with Crippen LogP contribution >= 0.6 is 0 Å². The minimum atomic E-state index is -0.730. The molecular weight excluding hydrogens is 871 g/mol. The lowest BCUT2D eigenvalue weighted by Gasteiger charge is -2.24. The third-order valence-electron chi connectivity index (χ3n) is 10.5. The maximum atomic E-state index is 14.4. The Morgan fingerprint density at radius 2 is 0.754 bits per heavy atom. The van der Waals surface area contributed by atoms with Crippen molar-refractivity contribution < 1.29 is 33.4 Å². The molecule has 0 spiro atoms. The number of nitrogens with zero attached hydrogens (tertiary/aromatic N) is 1. The van der Waals surface area contributed by atoms with E-state index in [2.05, 4.69) is 21.3 Å². The lowest BCUT2D eigenvalue weighted by atomic mass is 10.0. The number of carbonyl (C=O) groups is 4. The maximum absolute atomic E-state index is 14.4. The molecule has 0 fully saturated rings. The first-order chi connectivity index (χ1) is 33.5. The third-order valence-corrected chi connectivity index (χ3v) is 10.5. The number of rotatable bonds is 13. The van der Waals surface area contributed by atoms with E-state index in [4.69, 9.17) is 25.7 Å². The summed E-state index contributed by atoms with van der Waals surface area (Å²) in [6.45, 7) is 1.95. The highest BCUT2D eigenvalue weighted by Gasteiger charge is 2.21. The number of hydrogen-bond acceptors (Lipinski definition) is 9. The zero-order valence-electron chi connectivity index (χ0n) is 37.3.